The number of primary amides is 1. The van der Waals surface area contributed by atoms with E-state index in [9.17, 15) is 9.59 Å². The highest BCUT2D eigenvalue weighted by Gasteiger charge is 2.29. The Morgan fingerprint density at radius 2 is 1.75 bits per heavy atom. The van der Waals surface area contributed by atoms with Gasteiger partial charge in [-0.2, -0.15) is 0 Å². The molecule has 24 heavy (non-hydrogen) atoms. The van der Waals surface area contributed by atoms with Crippen molar-refractivity contribution in [2.45, 2.75) is 18.9 Å². The molecule has 5 heteroatoms. The van der Waals surface area contributed by atoms with E-state index in [1.807, 2.05) is 42.5 Å². The van der Waals surface area contributed by atoms with Gasteiger partial charge in [-0.3, -0.25) is 9.59 Å². The Bertz CT molecular complexity index is 775. The molecular weight excluding hydrogens is 324 g/mol. The van der Waals surface area contributed by atoms with E-state index in [4.69, 9.17) is 17.3 Å². The minimum Gasteiger partial charge on any atom is -0.369 e. The second kappa shape index (κ2) is 7.05. The van der Waals surface area contributed by atoms with Gasteiger partial charge in [-0.1, -0.05) is 48.5 Å². The third-order valence-corrected chi connectivity index (χ3v) is 4.69. The summed E-state index contributed by atoms with van der Waals surface area (Å²) < 4.78 is 0. The molecule has 0 saturated carbocycles. The molecule has 2 aromatic carbocycles. The van der Waals surface area contributed by atoms with Crippen LogP contribution in [0.4, 0.5) is 0 Å². The number of nitrogens with zero attached hydrogens (tertiary/aromatic N) is 1. The molecule has 2 N–H and O–H groups in total. The van der Waals surface area contributed by atoms with E-state index in [0.717, 1.165) is 16.7 Å². The van der Waals surface area contributed by atoms with Crippen molar-refractivity contribution in [1.29, 1.82) is 0 Å². The van der Waals surface area contributed by atoms with E-state index >= 15 is 0 Å². The second-order valence-corrected chi connectivity index (χ2v) is 6.27. The molecule has 3 rings (SSSR count). The molecule has 1 aliphatic rings. The van der Waals surface area contributed by atoms with Gasteiger partial charge in [0.15, 0.2) is 0 Å². The van der Waals surface area contributed by atoms with Crippen LogP contribution in [0.1, 0.15) is 28.2 Å². The van der Waals surface area contributed by atoms with Crippen LogP contribution < -0.4 is 5.73 Å². The van der Waals surface area contributed by atoms with Crippen LogP contribution in [0.25, 0.3) is 0 Å². The summed E-state index contributed by atoms with van der Waals surface area (Å²) in [5, 5.41) is 0. The normalized spacial score (nSPS) is 16.5. The Balaban J connectivity index is 2.06. The third kappa shape index (κ3) is 3.29. The number of amides is 2. The summed E-state index contributed by atoms with van der Waals surface area (Å²) in [5.41, 5.74) is 9.64. The second-order valence-electron chi connectivity index (χ2n) is 6.00. The number of carbonyl (C=O) groups is 2. The van der Waals surface area contributed by atoms with Gasteiger partial charge < -0.3 is 10.6 Å². The maximum atomic E-state index is 12.1. The lowest BCUT2D eigenvalue weighted by atomic mass is 9.82. The molecule has 1 unspecified atom stereocenters. The van der Waals surface area contributed by atoms with E-state index in [-0.39, 0.29) is 30.0 Å². The molecule has 0 aromatic heterocycles. The van der Waals surface area contributed by atoms with Crippen molar-refractivity contribution in [3.63, 3.8) is 0 Å². The van der Waals surface area contributed by atoms with Gasteiger partial charge in [-0.05, 0) is 22.3 Å². The highest BCUT2D eigenvalue weighted by atomic mass is 35.5. The van der Waals surface area contributed by atoms with Crippen LogP contribution in [0, 0.1) is 0 Å². The number of benzene rings is 2. The largest absolute Gasteiger partial charge is 0.369 e. The van der Waals surface area contributed by atoms with Gasteiger partial charge >= 0.3 is 0 Å². The number of halogens is 1. The van der Waals surface area contributed by atoms with Crippen molar-refractivity contribution in [3.8, 4) is 0 Å². The first-order valence-electron chi connectivity index (χ1n) is 7.87. The lowest BCUT2D eigenvalue weighted by Crippen LogP contribution is -2.39. The summed E-state index contributed by atoms with van der Waals surface area (Å²) in [6.07, 6.45) is 0.193. The Hall–Kier alpha value is -2.33. The molecule has 0 saturated heterocycles. The molecule has 0 aliphatic carbocycles. The van der Waals surface area contributed by atoms with E-state index in [0.29, 0.717) is 13.1 Å². The highest BCUT2D eigenvalue weighted by molar-refractivity contribution is 6.27. The fourth-order valence-corrected chi connectivity index (χ4v) is 3.54. The van der Waals surface area contributed by atoms with Crippen LogP contribution in [-0.2, 0) is 22.6 Å². The molecule has 2 aromatic rings. The fraction of sp³-hybridized carbons (Fsp3) is 0.263. The van der Waals surface area contributed by atoms with Crippen LogP contribution in [0.2, 0.25) is 0 Å². The zero-order valence-electron chi connectivity index (χ0n) is 13.2. The van der Waals surface area contributed by atoms with Crippen LogP contribution in [0.5, 0.6) is 0 Å². The van der Waals surface area contributed by atoms with Crippen LogP contribution in [0.3, 0.4) is 0 Å². The summed E-state index contributed by atoms with van der Waals surface area (Å²) >= 11 is 5.75. The van der Waals surface area contributed by atoms with Crippen molar-refractivity contribution >= 4 is 23.4 Å². The van der Waals surface area contributed by atoms with Gasteiger partial charge in [0, 0.05) is 19.0 Å². The number of fused-ring (bicyclic) bond motifs is 1. The van der Waals surface area contributed by atoms with Crippen molar-refractivity contribution in [2.24, 2.45) is 5.73 Å². The highest BCUT2D eigenvalue weighted by Crippen LogP contribution is 2.35. The summed E-state index contributed by atoms with van der Waals surface area (Å²) in [4.78, 5) is 25.3. The molecule has 124 valence electrons. The lowest BCUT2D eigenvalue weighted by molar-refractivity contribution is -0.129. The summed E-state index contributed by atoms with van der Waals surface area (Å²) in [6.45, 7) is 1.12. The van der Waals surface area contributed by atoms with E-state index in [1.54, 1.807) is 4.90 Å². The molecule has 1 aliphatic heterocycles. The van der Waals surface area contributed by atoms with Crippen LogP contribution in [0.15, 0.2) is 48.5 Å². The Kier molecular flexibility index (Phi) is 4.86. The average Bonchev–Trinajstić information content (AvgIpc) is 2.60. The van der Waals surface area contributed by atoms with Crippen molar-refractivity contribution in [1.82, 2.24) is 4.90 Å². The summed E-state index contributed by atoms with van der Waals surface area (Å²) in [7, 11) is 0. The quantitative estimate of drug-likeness (QED) is 0.867. The minimum atomic E-state index is -0.361. The molecule has 0 spiro atoms. The standard InChI is InChI=1S/C19H19ClN2O2/c20-10-19(24)22-11-14-6-2-4-8-16(14)17(12-22)15-7-3-1-5-13(15)9-18(21)23/h1-8,17H,9-12H2,(H2,21,23). The maximum Gasteiger partial charge on any atom is 0.237 e. The van der Waals surface area contributed by atoms with Crippen molar-refractivity contribution in [2.75, 3.05) is 12.4 Å². The lowest BCUT2D eigenvalue weighted by Gasteiger charge is -2.35. The molecule has 1 heterocycles. The first-order chi connectivity index (χ1) is 11.6. The predicted molar refractivity (Wildman–Crippen MR) is 93.8 cm³/mol. The molecular formula is C19H19ClN2O2. The smallest absolute Gasteiger partial charge is 0.237 e. The Morgan fingerprint density at radius 3 is 2.46 bits per heavy atom. The minimum absolute atomic E-state index is 0.0117. The zero-order valence-corrected chi connectivity index (χ0v) is 14.0. The average molecular weight is 343 g/mol. The van der Waals surface area contributed by atoms with Crippen molar-refractivity contribution < 1.29 is 9.59 Å². The number of hydrogen-bond donors (Lipinski definition) is 1. The first-order valence-corrected chi connectivity index (χ1v) is 8.41. The van der Waals surface area contributed by atoms with E-state index in [2.05, 4.69) is 6.07 Å². The monoisotopic (exact) mass is 342 g/mol. The van der Waals surface area contributed by atoms with Gasteiger partial charge in [-0.15, -0.1) is 11.6 Å². The van der Waals surface area contributed by atoms with Crippen molar-refractivity contribution in [3.05, 3.63) is 70.8 Å². The number of hydrogen-bond acceptors (Lipinski definition) is 2. The maximum absolute atomic E-state index is 12.1. The topological polar surface area (TPSA) is 63.4 Å². The van der Waals surface area contributed by atoms with Crippen LogP contribution in [-0.4, -0.2) is 29.1 Å². The molecule has 1 atom stereocenters. The fourth-order valence-electron chi connectivity index (χ4n) is 3.37. The SMILES string of the molecule is NC(=O)Cc1ccccc1C1CN(C(=O)CCl)Cc2ccccc21. The zero-order chi connectivity index (χ0) is 17.1. The first kappa shape index (κ1) is 16.5. The number of carbonyl (C=O) groups excluding carboxylic acids is 2. The van der Waals surface area contributed by atoms with Gasteiger partial charge in [0.05, 0.1) is 6.42 Å². The van der Waals surface area contributed by atoms with Crippen LogP contribution >= 0.6 is 11.6 Å². The molecule has 0 radical (unpaired) electrons. The third-order valence-electron chi connectivity index (χ3n) is 4.46. The number of rotatable bonds is 4. The molecule has 0 bridgehead atoms. The number of alkyl halides is 1. The molecule has 0 fully saturated rings. The van der Waals surface area contributed by atoms with Gasteiger partial charge in [0.2, 0.25) is 11.8 Å². The summed E-state index contributed by atoms with van der Waals surface area (Å²) in [5.74, 6) is -0.459. The van der Waals surface area contributed by atoms with Gasteiger partial charge in [0.25, 0.3) is 0 Å². The predicted octanol–water partition coefficient (Wildman–Crippen LogP) is 2.43. The van der Waals surface area contributed by atoms with E-state index in [1.165, 1.54) is 5.56 Å². The van der Waals surface area contributed by atoms with Gasteiger partial charge in [0.1, 0.15) is 5.88 Å². The summed E-state index contributed by atoms with van der Waals surface area (Å²) in [6, 6.07) is 15.9. The van der Waals surface area contributed by atoms with E-state index < -0.39 is 0 Å². The molecule has 4 nitrogen and oxygen atoms in total. The number of nitrogens with two attached hydrogens (primary N) is 1. The van der Waals surface area contributed by atoms with Gasteiger partial charge in [-0.25, -0.2) is 0 Å². The Morgan fingerprint density at radius 1 is 1.08 bits per heavy atom. The Labute approximate surface area is 146 Å². The molecule has 2 amide bonds.